The van der Waals surface area contributed by atoms with Crippen LogP contribution in [0.1, 0.15) is 23.7 Å². The molecular formula is C12H15NO3S. The lowest BCUT2D eigenvalue weighted by Crippen LogP contribution is -2.04. The molecule has 0 N–H and O–H groups in total. The number of nitrogens with zero attached hydrogens (tertiary/aromatic N) is 1. The van der Waals surface area contributed by atoms with E-state index in [9.17, 15) is 9.00 Å². The average molecular weight is 253 g/mol. The quantitative estimate of drug-likeness (QED) is 0.758. The van der Waals surface area contributed by atoms with Gasteiger partial charge in [0, 0.05) is 10.6 Å². The number of benzene rings is 1. The zero-order chi connectivity index (χ0) is 12.5. The number of carbonyl (C=O) groups excluding carboxylic acids is 1. The Morgan fingerprint density at radius 3 is 2.53 bits per heavy atom. The van der Waals surface area contributed by atoms with Crippen LogP contribution in [0, 0.1) is 0 Å². The average Bonchev–Trinajstić information content (AvgIpc) is 2.70. The van der Waals surface area contributed by atoms with Gasteiger partial charge < -0.3 is 4.74 Å². The number of ether oxygens (including phenoxy) is 1. The molecule has 0 spiro atoms. The van der Waals surface area contributed by atoms with Gasteiger partial charge in [0.15, 0.2) is 0 Å². The molecule has 0 aromatic heterocycles. The first-order valence-electron chi connectivity index (χ1n) is 5.47. The molecule has 2 atom stereocenters. The first kappa shape index (κ1) is 12.1. The molecule has 5 heteroatoms. The van der Waals surface area contributed by atoms with Crippen molar-refractivity contribution in [2.24, 2.45) is 4.36 Å². The molecule has 0 fully saturated rings. The maximum atomic E-state index is 12.5. The maximum absolute atomic E-state index is 12.5. The highest BCUT2D eigenvalue weighted by molar-refractivity contribution is 7.93. The Bertz CT molecular complexity index is 541. The van der Waals surface area contributed by atoms with E-state index in [2.05, 4.69) is 9.10 Å². The number of rotatable bonds is 2. The molecule has 2 rings (SSSR count). The zero-order valence-electron chi connectivity index (χ0n) is 9.88. The van der Waals surface area contributed by atoms with E-state index in [0.29, 0.717) is 16.2 Å². The van der Waals surface area contributed by atoms with E-state index in [1.807, 2.05) is 6.92 Å². The molecule has 0 bridgehead atoms. The number of hydrogen-bond acceptors (Lipinski definition) is 4. The number of carbonyl (C=O) groups is 1. The van der Waals surface area contributed by atoms with E-state index >= 15 is 0 Å². The molecule has 0 saturated carbocycles. The molecule has 0 amide bonds. The van der Waals surface area contributed by atoms with E-state index in [1.165, 1.54) is 7.11 Å². The minimum absolute atomic E-state index is 0.155. The van der Waals surface area contributed by atoms with Crippen molar-refractivity contribution in [3.05, 3.63) is 29.8 Å². The van der Waals surface area contributed by atoms with E-state index < -0.39 is 9.73 Å². The van der Waals surface area contributed by atoms with Gasteiger partial charge >= 0.3 is 5.97 Å². The fraction of sp³-hybridized carbons (Fsp3) is 0.417. The summed E-state index contributed by atoms with van der Waals surface area (Å²) in [6.45, 7) is 1.97. The summed E-state index contributed by atoms with van der Waals surface area (Å²) in [5.74, 6) is 0.217. The normalized spacial score (nSPS) is 27.5. The minimum atomic E-state index is -2.26. The first-order chi connectivity index (χ1) is 8.05. The third-order valence-corrected chi connectivity index (χ3v) is 5.30. The molecule has 1 aromatic rings. The standard InChI is InChI=1S/C12H15NO3S/c1-9-7-8-17(15,13-9)11-5-3-10(4-6-11)12(14)16-2/h3-6,9H,7-8H2,1-2H3. The van der Waals surface area contributed by atoms with Gasteiger partial charge in [0.1, 0.15) is 0 Å². The lowest BCUT2D eigenvalue weighted by Gasteiger charge is -2.05. The van der Waals surface area contributed by atoms with Crippen molar-refractivity contribution in [3.8, 4) is 0 Å². The second-order valence-electron chi connectivity index (χ2n) is 4.10. The van der Waals surface area contributed by atoms with Crippen LogP contribution in [-0.2, 0) is 14.5 Å². The number of hydrogen-bond donors (Lipinski definition) is 0. The van der Waals surface area contributed by atoms with Gasteiger partial charge in [-0.3, -0.25) is 0 Å². The molecule has 0 saturated heterocycles. The van der Waals surface area contributed by atoms with Crippen LogP contribution in [0.15, 0.2) is 33.5 Å². The van der Waals surface area contributed by atoms with Gasteiger partial charge in [0.05, 0.1) is 28.4 Å². The van der Waals surface area contributed by atoms with Crippen LogP contribution in [0.2, 0.25) is 0 Å². The highest BCUT2D eigenvalue weighted by Gasteiger charge is 2.22. The van der Waals surface area contributed by atoms with Crippen molar-refractivity contribution < 1.29 is 13.7 Å². The molecular weight excluding hydrogens is 238 g/mol. The summed E-state index contributed by atoms with van der Waals surface area (Å²) in [6.07, 6.45) is 0.859. The SMILES string of the molecule is COC(=O)c1ccc(S2(=O)=NC(C)CC2)cc1. The Hall–Kier alpha value is -1.36. The van der Waals surface area contributed by atoms with Gasteiger partial charge in [-0.05, 0) is 37.6 Å². The summed E-state index contributed by atoms with van der Waals surface area (Å²) in [5, 5.41) is 0. The van der Waals surface area contributed by atoms with Gasteiger partial charge in [0.25, 0.3) is 0 Å². The minimum Gasteiger partial charge on any atom is -0.465 e. The summed E-state index contributed by atoms with van der Waals surface area (Å²) < 4.78 is 21.4. The molecule has 0 radical (unpaired) electrons. The predicted octanol–water partition coefficient (Wildman–Crippen LogP) is 2.09. The van der Waals surface area contributed by atoms with Crippen LogP contribution in [0.4, 0.5) is 0 Å². The van der Waals surface area contributed by atoms with Gasteiger partial charge in [-0.1, -0.05) is 0 Å². The summed E-state index contributed by atoms with van der Waals surface area (Å²) in [6, 6.07) is 6.83. The van der Waals surface area contributed by atoms with Crippen LogP contribution >= 0.6 is 0 Å². The lowest BCUT2D eigenvalue weighted by molar-refractivity contribution is 0.0600. The Kier molecular flexibility index (Phi) is 3.19. The van der Waals surface area contributed by atoms with Crippen LogP contribution < -0.4 is 0 Å². The fourth-order valence-electron chi connectivity index (χ4n) is 1.83. The highest BCUT2D eigenvalue weighted by Crippen LogP contribution is 2.24. The number of methoxy groups -OCH3 is 1. The lowest BCUT2D eigenvalue weighted by atomic mass is 10.2. The molecule has 1 aliphatic heterocycles. The molecule has 1 aromatic carbocycles. The van der Waals surface area contributed by atoms with Gasteiger partial charge in [-0.15, -0.1) is 0 Å². The molecule has 1 heterocycles. The van der Waals surface area contributed by atoms with Crippen molar-refractivity contribution in [1.82, 2.24) is 0 Å². The second kappa shape index (κ2) is 4.49. The largest absolute Gasteiger partial charge is 0.465 e. The van der Waals surface area contributed by atoms with Crippen LogP contribution in [-0.4, -0.2) is 29.1 Å². The summed E-state index contributed by atoms with van der Waals surface area (Å²) in [5.41, 5.74) is 0.463. The van der Waals surface area contributed by atoms with Gasteiger partial charge in [0.2, 0.25) is 0 Å². The van der Waals surface area contributed by atoms with Crippen molar-refractivity contribution in [1.29, 1.82) is 0 Å². The summed E-state index contributed by atoms with van der Waals surface area (Å²) in [7, 11) is -0.920. The third-order valence-electron chi connectivity index (χ3n) is 2.81. The third kappa shape index (κ3) is 2.34. The van der Waals surface area contributed by atoms with E-state index in [1.54, 1.807) is 24.3 Å². The van der Waals surface area contributed by atoms with Crippen molar-refractivity contribution in [2.75, 3.05) is 12.9 Å². The van der Waals surface area contributed by atoms with E-state index in [-0.39, 0.29) is 12.0 Å². The maximum Gasteiger partial charge on any atom is 0.337 e. The zero-order valence-corrected chi connectivity index (χ0v) is 10.7. The summed E-state index contributed by atoms with van der Waals surface area (Å²) >= 11 is 0. The highest BCUT2D eigenvalue weighted by atomic mass is 32.2. The van der Waals surface area contributed by atoms with Crippen molar-refractivity contribution >= 4 is 15.7 Å². The Labute approximate surface area is 101 Å². The molecule has 1 aliphatic rings. The summed E-state index contributed by atoms with van der Waals surface area (Å²) in [4.78, 5) is 12.0. The van der Waals surface area contributed by atoms with Crippen molar-refractivity contribution in [3.63, 3.8) is 0 Å². The Morgan fingerprint density at radius 1 is 1.41 bits per heavy atom. The fourth-order valence-corrected chi connectivity index (χ4v) is 4.20. The monoisotopic (exact) mass is 253 g/mol. The predicted molar refractivity (Wildman–Crippen MR) is 65.6 cm³/mol. The van der Waals surface area contributed by atoms with Gasteiger partial charge in [-0.25, -0.2) is 13.4 Å². The smallest absolute Gasteiger partial charge is 0.337 e. The van der Waals surface area contributed by atoms with E-state index in [0.717, 1.165) is 6.42 Å². The molecule has 92 valence electrons. The Balaban J connectivity index is 2.34. The Morgan fingerprint density at radius 2 is 2.06 bits per heavy atom. The first-order valence-corrected chi connectivity index (χ1v) is 7.16. The van der Waals surface area contributed by atoms with Crippen molar-refractivity contribution in [2.45, 2.75) is 24.3 Å². The molecule has 17 heavy (non-hydrogen) atoms. The van der Waals surface area contributed by atoms with Crippen LogP contribution in [0.25, 0.3) is 0 Å². The van der Waals surface area contributed by atoms with Crippen LogP contribution in [0.5, 0.6) is 0 Å². The molecule has 4 nitrogen and oxygen atoms in total. The number of esters is 1. The van der Waals surface area contributed by atoms with E-state index in [4.69, 9.17) is 0 Å². The molecule has 0 aliphatic carbocycles. The topological polar surface area (TPSA) is 55.7 Å². The second-order valence-corrected chi connectivity index (χ2v) is 6.47. The van der Waals surface area contributed by atoms with Crippen LogP contribution in [0.3, 0.4) is 0 Å². The van der Waals surface area contributed by atoms with Gasteiger partial charge in [-0.2, -0.15) is 0 Å². The molecule has 2 unspecified atom stereocenters.